The molecular formula is C25H25N7O3. The Bertz CT molecular complexity index is 1660. The number of phenolic OH excluding ortho intramolecular Hbond substituents is 1. The Kier molecular flexibility index (Phi) is 5.35. The van der Waals surface area contributed by atoms with Gasteiger partial charge in [0.05, 0.1) is 22.7 Å². The number of carbonyl (C=O) groups is 1. The molecule has 2 aromatic carbocycles. The third-order valence-corrected chi connectivity index (χ3v) is 6.22. The number of benzene rings is 2. The number of H-pyrrole nitrogens is 2. The zero-order chi connectivity index (χ0) is 24.9. The summed E-state index contributed by atoms with van der Waals surface area (Å²) in [5.41, 5.74) is 5.22. The van der Waals surface area contributed by atoms with Crippen molar-refractivity contribution in [2.75, 3.05) is 7.05 Å². The van der Waals surface area contributed by atoms with Gasteiger partial charge >= 0.3 is 5.69 Å². The normalized spacial score (nSPS) is 11.4. The minimum atomic E-state index is -0.305. The quantitative estimate of drug-likeness (QED) is 0.360. The van der Waals surface area contributed by atoms with Crippen molar-refractivity contribution in [3.05, 3.63) is 69.5 Å². The molecule has 35 heavy (non-hydrogen) atoms. The van der Waals surface area contributed by atoms with Gasteiger partial charge in [0.15, 0.2) is 5.82 Å². The third-order valence-electron chi connectivity index (χ3n) is 6.22. The average Bonchev–Trinajstić information content (AvgIpc) is 3.39. The highest BCUT2D eigenvalue weighted by atomic mass is 16.3. The zero-order valence-corrected chi connectivity index (χ0v) is 19.9. The lowest BCUT2D eigenvalue weighted by molar-refractivity contribution is 0.0781. The summed E-state index contributed by atoms with van der Waals surface area (Å²) < 4.78 is 1.88. The van der Waals surface area contributed by atoms with Gasteiger partial charge in [0, 0.05) is 42.3 Å². The van der Waals surface area contributed by atoms with E-state index in [-0.39, 0.29) is 23.0 Å². The topological polar surface area (TPSA) is 133 Å². The van der Waals surface area contributed by atoms with Crippen LogP contribution >= 0.6 is 0 Å². The fourth-order valence-corrected chi connectivity index (χ4v) is 4.32. The molecule has 0 aliphatic rings. The summed E-state index contributed by atoms with van der Waals surface area (Å²) in [6.07, 6.45) is 1.77. The number of hydrogen-bond donors (Lipinski definition) is 3. The van der Waals surface area contributed by atoms with Crippen LogP contribution in [0.4, 0.5) is 0 Å². The molecular weight excluding hydrogens is 446 g/mol. The number of aromatic hydroxyl groups is 1. The van der Waals surface area contributed by atoms with Crippen LogP contribution in [0, 0.1) is 13.8 Å². The molecule has 0 fully saturated rings. The number of hydrogen-bond acceptors (Lipinski definition) is 6. The van der Waals surface area contributed by atoms with E-state index in [4.69, 9.17) is 0 Å². The van der Waals surface area contributed by atoms with E-state index in [2.05, 4.69) is 25.0 Å². The van der Waals surface area contributed by atoms with E-state index in [1.807, 2.05) is 31.5 Å². The molecule has 3 heterocycles. The number of imidazole rings is 1. The Morgan fingerprint density at radius 3 is 2.69 bits per heavy atom. The summed E-state index contributed by atoms with van der Waals surface area (Å²) in [5, 5.41) is 14.9. The van der Waals surface area contributed by atoms with E-state index in [0.717, 1.165) is 23.4 Å². The molecule has 0 spiro atoms. The van der Waals surface area contributed by atoms with Gasteiger partial charge in [0.1, 0.15) is 11.4 Å². The van der Waals surface area contributed by atoms with Gasteiger partial charge in [0.2, 0.25) is 0 Å². The molecule has 178 valence electrons. The highest BCUT2D eigenvalue weighted by molar-refractivity contribution is 6.05. The first-order chi connectivity index (χ1) is 16.7. The van der Waals surface area contributed by atoms with Gasteiger partial charge < -0.3 is 20.0 Å². The van der Waals surface area contributed by atoms with Crippen molar-refractivity contribution in [3.63, 3.8) is 0 Å². The number of aryl methyl sites for hydroxylation is 2. The van der Waals surface area contributed by atoms with Crippen LogP contribution in [0.3, 0.4) is 0 Å². The van der Waals surface area contributed by atoms with Crippen LogP contribution in [0.15, 0.2) is 41.3 Å². The van der Waals surface area contributed by atoms with Gasteiger partial charge in [-0.05, 0) is 56.7 Å². The summed E-state index contributed by atoms with van der Waals surface area (Å²) in [5.74, 6) is 0.0653. The van der Waals surface area contributed by atoms with Gasteiger partial charge in [-0.2, -0.15) is 5.10 Å². The second kappa shape index (κ2) is 8.39. The summed E-state index contributed by atoms with van der Waals surface area (Å²) in [6.45, 7) is 6.98. The Hall–Kier alpha value is -4.47. The standard InChI is InChI=1S/C25H25N7O3/c1-5-32-14(3)16(11-26-32)12-31(4)24(34)22-18-10-17(33)6-7-19(18)27-23(29-22)15-8-13(2)21-20(9-15)28-25(35)30-21/h6-11,33H,5,12H2,1-4H3,(H2,28,30,35). The number of nitrogens with zero attached hydrogens (tertiary/aromatic N) is 5. The summed E-state index contributed by atoms with van der Waals surface area (Å²) in [6, 6.07) is 8.33. The third kappa shape index (κ3) is 3.92. The second-order valence-corrected chi connectivity index (χ2v) is 8.62. The van der Waals surface area contributed by atoms with Crippen molar-refractivity contribution < 1.29 is 9.90 Å². The second-order valence-electron chi connectivity index (χ2n) is 8.62. The van der Waals surface area contributed by atoms with Crippen molar-refractivity contribution in [2.24, 2.45) is 0 Å². The summed E-state index contributed by atoms with van der Waals surface area (Å²) >= 11 is 0. The molecule has 0 atom stereocenters. The molecule has 0 aliphatic heterocycles. The minimum absolute atomic E-state index is 0.0211. The lowest BCUT2D eigenvalue weighted by Gasteiger charge is -2.18. The largest absolute Gasteiger partial charge is 0.508 e. The lowest BCUT2D eigenvalue weighted by Crippen LogP contribution is -2.27. The fourth-order valence-electron chi connectivity index (χ4n) is 4.32. The number of aromatic nitrogens is 6. The number of rotatable bonds is 5. The summed E-state index contributed by atoms with van der Waals surface area (Å²) in [4.78, 5) is 41.8. The van der Waals surface area contributed by atoms with Gasteiger partial charge in [-0.3, -0.25) is 9.48 Å². The van der Waals surface area contributed by atoms with Crippen molar-refractivity contribution in [1.29, 1.82) is 0 Å². The molecule has 5 rings (SSSR count). The van der Waals surface area contributed by atoms with E-state index < -0.39 is 0 Å². The predicted molar refractivity (Wildman–Crippen MR) is 132 cm³/mol. The average molecular weight is 472 g/mol. The number of amides is 1. The zero-order valence-electron chi connectivity index (χ0n) is 19.9. The van der Waals surface area contributed by atoms with E-state index >= 15 is 0 Å². The Balaban J connectivity index is 1.61. The van der Waals surface area contributed by atoms with Gasteiger partial charge in [-0.1, -0.05) is 0 Å². The predicted octanol–water partition coefficient (Wildman–Crippen LogP) is 3.28. The van der Waals surface area contributed by atoms with Crippen LogP contribution in [0.1, 0.15) is 34.2 Å². The Morgan fingerprint density at radius 2 is 1.94 bits per heavy atom. The molecule has 0 aliphatic carbocycles. The molecule has 5 aromatic rings. The van der Waals surface area contributed by atoms with Crippen LogP contribution in [0.2, 0.25) is 0 Å². The van der Waals surface area contributed by atoms with E-state index in [1.165, 1.54) is 12.1 Å². The van der Waals surface area contributed by atoms with Crippen molar-refractivity contribution in [3.8, 4) is 17.1 Å². The number of nitrogens with one attached hydrogen (secondary N) is 2. The number of aromatic amines is 2. The maximum absolute atomic E-state index is 13.6. The van der Waals surface area contributed by atoms with Gasteiger partial charge in [-0.15, -0.1) is 0 Å². The number of phenols is 1. The SMILES string of the molecule is CCn1ncc(CN(C)C(=O)c2nc(-c3cc(C)c4[nH]c(=O)[nH]c4c3)nc3ccc(O)cc23)c1C. The maximum Gasteiger partial charge on any atom is 0.323 e. The van der Waals surface area contributed by atoms with Gasteiger partial charge in [-0.25, -0.2) is 14.8 Å². The minimum Gasteiger partial charge on any atom is -0.508 e. The molecule has 3 N–H and O–H groups in total. The molecule has 0 saturated carbocycles. The van der Waals surface area contributed by atoms with Gasteiger partial charge in [0.25, 0.3) is 5.91 Å². The van der Waals surface area contributed by atoms with Crippen molar-refractivity contribution >= 4 is 27.8 Å². The molecule has 10 heteroatoms. The molecule has 0 bridgehead atoms. The fraction of sp³-hybridized carbons (Fsp3) is 0.240. The molecule has 3 aromatic heterocycles. The van der Waals surface area contributed by atoms with E-state index in [1.54, 1.807) is 30.3 Å². The van der Waals surface area contributed by atoms with E-state index in [9.17, 15) is 14.7 Å². The van der Waals surface area contributed by atoms with Crippen molar-refractivity contribution in [1.82, 2.24) is 34.6 Å². The Labute approximate surface area is 200 Å². The summed E-state index contributed by atoms with van der Waals surface area (Å²) in [7, 11) is 1.71. The van der Waals surface area contributed by atoms with E-state index in [0.29, 0.717) is 39.9 Å². The van der Waals surface area contributed by atoms with Crippen LogP contribution in [-0.2, 0) is 13.1 Å². The van der Waals surface area contributed by atoms with Crippen LogP contribution in [0.5, 0.6) is 5.75 Å². The number of carbonyl (C=O) groups excluding carboxylic acids is 1. The highest BCUT2D eigenvalue weighted by Gasteiger charge is 2.21. The Morgan fingerprint density at radius 1 is 1.14 bits per heavy atom. The number of fused-ring (bicyclic) bond motifs is 2. The van der Waals surface area contributed by atoms with Crippen LogP contribution in [-0.4, -0.2) is 52.7 Å². The monoisotopic (exact) mass is 471 g/mol. The molecule has 10 nitrogen and oxygen atoms in total. The molecule has 0 radical (unpaired) electrons. The molecule has 0 unspecified atom stereocenters. The van der Waals surface area contributed by atoms with Crippen LogP contribution < -0.4 is 5.69 Å². The first-order valence-electron chi connectivity index (χ1n) is 11.3. The first-order valence-corrected chi connectivity index (χ1v) is 11.3. The maximum atomic E-state index is 13.6. The van der Waals surface area contributed by atoms with Crippen molar-refractivity contribution in [2.45, 2.75) is 33.9 Å². The highest BCUT2D eigenvalue weighted by Crippen LogP contribution is 2.28. The lowest BCUT2D eigenvalue weighted by atomic mass is 10.1. The van der Waals surface area contributed by atoms with Crippen LogP contribution in [0.25, 0.3) is 33.3 Å². The smallest absolute Gasteiger partial charge is 0.323 e. The first kappa shape index (κ1) is 22.3. The molecule has 0 saturated heterocycles. The molecule has 1 amide bonds.